The Hall–Kier alpha value is -1.65. The molecule has 1 fully saturated rings. The summed E-state index contributed by atoms with van der Waals surface area (Å²) in [7, 11) is 3.99. The maximum atomic E-state index is 11.9. The molecule has 0 spiro atoms. The minimum atomic E-state index is 0.0337. The maximum absolute atomic E-state index is 11.9. The zero-order valence-corrected chi connectivity index (χ0v) is 16.2. The zero-order chi connectivity index (χ0) is 18.2. The molecule has 1 aliphatic rings. The lowest BCUT2D eigenvalue weighted by molar-refractivity contribution is -0.117. The Morgan fingerprint density at radius 3 is 2.68 bits per heavy atom. The molecule has 0 atom stereocenters. The molecular formula is C21H33N3O. The molecular weight excluding hydrogens is 310 g/mol. The second-order valence-electron chi connectivity index (χ2n) is 7.34. The van der Waals surface area contributed by atoms with Crippen molar-refractivity contribution in [3.8, 4) is 0 Å². The number of carbonyl (C=O) groups is 1. The molecule has 1 saturated heterocycles. The molecule has 0 aliphatic carbocycles. The maximum Gasteiger partial charge on any atom is 0.243 e. The van der Waals surface area contributed by atoms with Gasteiger partial charge in [-0.25, -0.2) is 0 Å². The van der Waals surface area contributed by atoms with Crippen LogP contribution in [0.2, 0.25) is 0 Å². The van der Waals surface area contributed by atoms with Gasteiger partial charge in [-0.2, -0.15) is 0 Å². The lowest BCUT2D eigenvalue weighted by Gasteiger charge is -2.32. The highest BCUT2D eigenvalue weighted by molar-refractivity contribution is 5.87. The summed E-state index contributed by atoms with van der Waals surface area (Å²) in [6, 6.07) is 7.13. The first-order valence-corrected chi connectivity index (χ1v) is 9.40. The van der Waals surface area contributed by atoms with Crippen molar-refractivity contribution in [3.05, 3.63) is 47.0 Å². The summed E-state index contributed by atoms with van der Waals surface area (Å²) in [5, 5.41) is 3.13. The van der Waals surface area contributed by atoms with Crippen LogP contribution in [0.5, 0.6) is 0 Å². The minimum Gasteiger partial charge on any atom is -0.350 e. The topological polar surface area (TPSA) is 35.6 Å². The van der Waals surface area contributed by atoms with Crippen LogP contribution in [-0.2, 0) is 17.8 Å². The number of nitrogens with one attached hydrogen (secondary N) is 1. The highest BCUT2D eigenvalue weighted by atomic mass is 16.1. The molecule has 0 bridgehead atoms. The van der Waals surface area contributed by atoms with Crippen molar-refractivity contribution in [1.82, 2.24) is 15.1 Å². The predicted octanol–water partition coefficient (Wildman–Crippen LogP) is 2.76. The lowest BCUT2D eigenvalue weighted by Crippen LogP contribution is -2.43. The van der Waals surface area contributed by atoms with Crippen LogP contribution in [0.25, 0.3) is 0 Å². The van der Waals surface area contributed by atoms with E-state index in [4.69, 9.17) is 0 Å². The van der Waals surface area contributed by atoms with Crippen LogP contribution in [-0.4, -0.2) is 55.5 Å². The fraction of sp³-hybridized carbons (Fsp3) is 0.571. The van der Waals surface area contributed by atoms with Gasteiger partial charge in [-0.3, -0.25) is 9.69 Å². The van der Waals surface area contributed by atoms with E-state index in [0.717, 1.165) is 45.4 Å². The van der Waals surface area contributed by atoms with Crippen molar-refractivity contribution in [2.45, 2.75) is 45.7 Å². The fourth-order valence-electron chi connectivity index (χ4n) is 3.32. The summed E-state index contributed by atoms with van der Waals surface area (Å²) in [6.45, 7) is 8.29. The van der Waals surface area contributed by atoms with Gasteiger partial charge < -0.3 is 10.2 Å². The number of piperidine rings is 1. The molecule has 1 aliphatic heterocycles. The van der Waals surface area contributed by atoms with Crippen LogP contribution < -0.4 is 5.32 Å². The number of likely N-dealkylation sites (N-methyl/N-ethyl adjacent to an activating group) is 1. The summed E-state index contributed by atoms with van der Waals surface area (Å²) in [4.78, 5) is 16.5. The Morgan fingerprint density at radius 1 is 1.32 bits per heavy atom. The molecule has 25 heavy (non-hydrogen) atoms. The first-order chi connectivity index (χ1) is 12.0. The third kappa shape index (κ3) is 6.63. The lowest BCUT2D eigenvalue weighted by atomic mass is 10.0. The third-order valence-corrected chi connectivity index (χ3v) is 4.87. The van der Waals surface area contributed by atoms with E-state index < -0.39 is 0 Å². The quantitative estimate of drug-likeness (QED) is 0.773. The Balaban J connectivity index is 1.76. The van der Waals surface area contributed by atoms with Gasteiger partial charge in [0.1, 0.15) is 0 Å². The summed E-state index contributed by atoms with van der Waals surface area (Å²) in [6.07, 6.45) is 6.72. The first-order valence-electron chi connectivity index (χ1n) is 9.40. The van der Waals surface area contributed by atoms with Gasteiger partial charge in [-0.05, 0) is 57.0 Å². The van der Waals surface area contributed by atoms with Crippen molar-refractivity contribution in [3.63, 3.8) is 0 Å². The summed E-state index contributed by atoms with van der Waals surface area (Å²) in [5.41, 5.74) is 4.23. The minimum absolute atomic E-state index is 0.0337. The first kappa shape index (κ1) is 19.7. The average Bonchev–Trinajstić information content (AvgIpc) is 2.58. The normalized spacial score (nSPS) is 16.7. The molecule has 1 amide bonds. The average molecular weight is 344 g/mol. The van der Waals surface area contributed by atoms with Crippen molar-refractivity contribution >= 4 is 5.91 Å². The van der Waals surface area contributed by atoms with E-state index in [1.54, 1.807) is 6.08 Å². The van der Waals surface area contributed by atoms with Gasteiger partial charge in [0.15, 0.2) is 0 Å². The number of hydrogen-bond donors (Lipinski definition) is 1. The summed E-state index contributed by atoms with van der Waals surface area (Å²) in [5.74, 6) is 0.0337. The Kier molecular flexibility index (Phi) is 7.66. The third-order valence-electron chi connectivity index (χ3n) is 4.87. The molecule has 1 N–H and O–H groups in total. The van der Waals surface area contributed by atoms with Crippen LogP contribution in [0, 0.1) is 6.92 Å². The van der Waals surface area contributed by atoms with Crippen molar-refractivity contribution in [2.24, 2.45) is 0 Å². The van der Waals surface area contributed by atoms with Gasteiger partial charge >= 0.3 is 0 Å². The number of aryl methyl sites for hydroxylation is 2. The number of carbonyl (C=O) groups excluding carboxylic acids is 1. The van der Waals surface area contributed by atoms with Gasteiger partial charge in [0, 0.05) is 38.3 Å². The highest BCUT2D eigenvalue weighted by Crippen LogP contribution is 2.17. The van der Waals surface area contributed by atoms with E-state index in [1.165, 1.54) is 16.7 Å². The molecule has 0 aromatic heterocycles. The monoisotopic (exact) mass is 343 g/mol. The molecule has 1 aromatic carbocycles. The SMILES string of the molecule is CCc1cc(CN2CCC(NC(=O)/C=C/CN(C)C)CC2)ccc1C. The Morgan fingerprint density at radius 2 is 2.04 bits per heavy atom. The molecule has 0 saturated carbocycles. The van der Waals surface area contributed by atoms with Crippen LogP contribution >= 0.6 is 0 Å². The summed E-state index contributed by atoms with van der Waals surface area (Å²) >= 11 is 0. The molecule has 0 unspecified atom stereocenters. The second-order valence-corrected chi connectivity index (χ2v) is 7.34. The predicted molar refractivity (Wildman–Crippen MR) is 105 cm³/mol. The largest absolute Gasteiger partial charge is 0.350 e. The van der Waals surface area contributed by atoms with E-state index in [2.05, 4.69) is 42.3 Å². The van der Waals surface area contributed by atoms with Crippen LogP contribution in [0.1, 0.15) is 36.5 Å². The molecule has 4 heteroatoms. The Bertz CT molecular complexity index is 587. The number of benzene rings is 1. The van der Waals surface area contributed by atoms with E-state index in [0.29, 0.717) is 6.04 Å². The number of rotatable bonds is 7. The second kappa shape index (κ2) is 9.73. The standard InChI is InChI=1S/C21H33N3O/c1-5-19-15-18(9-8-17(19)2)16-24-13-10-20(11-14-24)22-21(25)7-6-12-23(3)4/h6-9,15,20H,5,10-14,16H2,1-4H3,(H,22,25)/b7-6+. The number of nitrogens with zero attached hydrogens (tertiary/aromatic N) is 2. The Labute approximate surface area is 152 Å². The highest BCUT2D eigenvalue weighted by Gasteiger charge is 2.20. The van der Waals surface area contributed by atoms with Crippen molar-refractivity contribution < 1.29 is 4.79 Å². The van der Waals surface area contributed by atoms with E-state index >= 15 is 0 Å². The van der Waals surface area contributed by atoms with E-state index in [-0.39, 0.29) is 5.91 Å². The number of hydrogen-bond acceptors (Lipinski definition) is 3. The molecule has 1 heterocycles. The molecule has 0 radical (unpaired) electrons. The van der Waals surface area contributed by atoms with Gasteiger partial charge in [0.2, 0.25) is 5.91 Å². The van der Waals surface area contributed by atoms with Crippen LogP contribution in [0.15, 0.2) is 30.4 Å². The van der Waals surface area contributed by atoms with Crippen molar-refractivity contribution in [2.75, 3.05) is 33.7 Å². The van der Waals surface area contributed by atoms with E-state index in [9.17, 15) is 4.79 Å². The number of amides is 1. The van der Waals surface area contributed by atoms with Crippen molar-refractivity contribution in [1.29, 1.82) is 0 Å². The van der Waals surface area contributed by atoms with Gasteiger partial charge in [0.25, 0.3) is 0 Å². The molecule has 138 valence electrons. The smallest absolute Gasteiger partial charge is 0.243 e. The number of likely N-dealkylation sites (tertiary alicyclic amines) is 1. The van der Waals surface area contributed by atoms with E-state index in [1.807, 2.05) is 25.1 Å². The molecule has 4 nitrogen and oxygen atoms in total. The van der Waals surface area contributed by atoms with Gasteiger partial charge in [0.05, 0.1) is 0 Å². The van der Waals surface area contributed by atoms with Crippen LogP contribution in [0.4, 0.5) is 0 Å². The summed E-state index contributed by atoms with van der Waals surface area (Å²) < 4.78 is 0. The molecule has 1 aromatic rings. The fourth-order valence-corrected chi connectivity index (χ4v) is 3.32. The molecule has 2 rings (SSSR count). The van der Waals surface area contributed by atoms with Crippen LogP contribution in [0.3, 0.4) is 0 Å². The zero-order valence-electron chi connectivity index (χ0n) is 16.2. The van der Waals surface area contributed by atoms with Gasteiger partial charge in [-0.15, -0.1) is 0 Å². The van der Waals surface area contributed by atoms with Gasteiger partial charge in [-0.1, -0.05) is 31.2 Å².